The molecule has 0 aromatic heterocycles. The van der Waals surface area contributed by atoms with Crippen molar-refractivity contribution in [2.45, 2.75) is 89.9 Å². The fraction of sp³-hybridized carbons (Fsp3) is 0.600. The van der Waals surface area contributed by atoms with Crippen LogP contribution in [0.25, 0.3) is 11.1 Å². The van der Waals surface area contributed by atoms with Crippen molar-refractivity contribution in [2.75, 3.05) is 20.3 Å². The van der Waals surface area contributed by atoms with Gasteiger partial charge in [-0.25, -0.2) is 4.39 Å². The molecule has 0 amide bonds. The molecule has 0 N–H and O–H groups in total. The number of halogens is 1. The van der Waals surface area contributed by atoms with Crippen LogP contribution in [0.4, 0.5) is 4.39 Å². The van der Waals surface area contributed by atoms with Gasteiger partial charge >= 0.3 is 0 Å². The summed E-state index contributed by atoms with van der Waals surface area (Å²) in [5.74, 6) is 1.99. The Kier molecular flexibility index (Phi) is 11.2. The lowest BCUT2D eigenvalue weighted by Crippen LogP contribution is -2.13. The average Bonchev–Trinajstić information content (AvgIpc) is 2.84. The summed E-state index contributed by atoms with van der Waals surface area (Å²) in [6.45, 7) is 3.72. The number of hydrogen-bond acceptors (Lipinski definition) is 2. The van der Waals surface area contributed by atoms with E-state index in [1.807, 2.05) is 12.1 Å². The summed E-state index contributed by atoms with van der Waals surface area (Å²) < 4.78 is 25.6. The van der Waals surface area contributed by atoms with Crippen molar-refractivity contribution in [3.05, 3.63) is 53.8 Å². The van der Waals surface area contributed by atoms with Gasteiger partial charge in [0.15, 0.2) is 0 Å². The molecule has 3 heteroatoms. The Morgan fingerprint density at radius 3 is 2.21 bits per heavy atom. The Hall–Kier alpha value is -1.87. The summed E-state index contributed by atoms with van der Waals surface area (Å²) in [6.07, 6.45) is 15.1. The van der Waals surface area contributed by atoms with E-state index in [0.717, 1.165) is 43.8 Å². The second-order valence-corrected chi connectivity index (χ2v) is 9.73. The Morgan fingerprint density at radius 2 is 1.55 bits per heavy atom. The molecule has 0 saturated heterocycles. The number of methoxy groups -OCH3 is 1. The summed E-state index contributed by atoms with van der Waals surface area (Å²) >= 11 is 0. The molecule has 0 bridgehead atoms. The van der Waals surface area contributed by atoms with Gasteiger partial charge in [-0.15, -0.1) is 0 Å². The van der Waals surface area contributed by atoms with Crippen molar-refractivity contribution >= 4 is 0 Å². The van der Waals surface area contributed by atoms with Gasteiger partial charge < -0.3 is 9.47 Å². The maximum atomic E-state index is 14.8. The predicted molar refractivity (Wildman–Crippen MR) is 137 cm³/mol. The largest absolute Gasteiger partial charge is 0.493 e. The first-order chi connectivity index (χ1) is 16.2. The molecule has 0 radical (unpaired) electrons. The van der Waals surface area contributed by atoms with Gasteiger partial charge in [-0.1, -0.05) is 63.3 Å². The number of unbranched alkanes of at least 4 members (excludes halogenated alkanes) is 5. The predicted octanol–water partition coefficient (Wildman–Crippen LogP) is 8.93. The Morgan fingerprint density at radius 1 is 0.818 bits per heavy atom. The topological polar surface area (TPSA) is 18.5 Å². The van der Waals surface area contributed by atoms with E-state index in [4.69, 9.17) is 9.47 Å². The normalized spacial score (nSPS) is 18.4. The molecule has 1 saturated carbocycles. The van der Waals surface area contributed by atoms with E-state index in [1.54, 1.807) is 7.11 Å². The molecule has 2 aromatic rings. The zero-order chi connectivity index (χ0) is 23.3. The smallest absolute Gasteiger partial charge is 0.134 e. The van der Waals surface area contributed by atoms with E-state index >= 15 is 0 Å². The van der Waals surface area contributed by atoms with Crippen molar-refractivity contribution in [3.8, 4) is 16.9 Å². The summed E-state index contributed by atoms with van der Waals surface area (Å²) in [7, 11) is 1.73. The summed E-state index contributed by atoms with van der Waals surface area (Å²) in [5.41, 5.74) is 3.00. The molecular formula is C30H43FO2. The first-order valence-electron chi connectivity index (χ1n) is 13.2. The minimum absolute atomic E-state index is 0.215. The number of benzene rings is 2. The zero-order valence-corrected chi connectivity index (χ0v) is 20.8. The van der Waals surface area contributed by atoms with E-state index in [2.05, 4.69) is 31.2 Å². The van der Waals surface area contributed by atoms with Gasteiger partial charge in [-0.3, -0.25) is 0 Å². The molecule has 1 aliphatic carbocycles. The van der Waals surface area contributed by atoms with Crippen LogP contribution >= 0.6 is 0 Å². The number of hydrogen-bond donors (Lipinski definition) is 0. The van der Waals surface area contributed by atoms with Crippen molar-refractivity contribution in [1.29, 1.82) is 0 Å². The SMILES string of the molecule is CCCCCC1CCC(c2ccc(-c3ccc(OCCCCCCOC)cc3F)cc2)CC1. The lowest BCUT2D eigenvalue weighted by atomic mass is 9.77. The molecular weight excluding hydrogens is 411 g/mol. The van der Waals surface area contributed by atoms with Gasteiger partial charge in [0, 0.05) is 25.3 Å². The van der Waals surface area contributed by atoms with E-state index in [-0.39, 0.29) is 5.82 Å². The Labute approximate surface area is 200 Å². The van der Waals surface area contributed by atoms with E-state index < -0.39 is 0 Å². The third-order valence-electron chi connectivity index (χ3n) is 7.21. The minimum Gasteiger partial charge on any atom is -0.493 e. The highest BCUT2D eigenvalue weighted by molar-refractivity contribution is 5.65. The Balaban J connectivity index is 1.46. The highest BCUT2D eigenvalue weighted by Gasteiger charge is 2.22. The summed E-state index contributed by atoms with van der Waals surface area (Å²) in [6, 6.07) is 13.9. The summed E-state index contributed by atoms with van der Waals surface area (Å²) in [5, 5.41) is 0. The first kappa shape index (κ1) is 25.7. The minimum atomic E-state index is -0.215. The summed E-state index contributed by atoms with van der Waals surface area (Å²) in [4.78, 5) is 0. The van der Waals surface area contributed by atoms with Gasteiger partial charge in [0.05, 0.1) is 6.61 Å². The molecule has 0 spiro atoms. The highest BCUT2D eigenvalue weighted by atomic mass is 19.1. The van der Waals surface area contributed by atoms with Crippen LogP contribution in [0.15, 0.2) is 42.5 Å². The van der Waals surface area contributed by atoms with Crippen molar-refractivity contribution in [1.82, 2.24) is 0 Å². The number of ether oxygens (including phenoxy) is 2. The van der Waals surface area contributed by atoms with Crippen LogP contribution < -0.4 is 4.74 Å². The van der Waals surface area contributed by atoms with Crippen LogP contribution in [0.2, 0.25) is 0 Å². The van der Waals surface area contributed by atoms with Gasteiger partial charge in [0.1, 0.15) is 11.6 Å². The zero-order valence-electron chi connectivity index (χ0n) is 20.8. The Bertz CT molecular complexity index is 793. The second kappa shape index (κ2) is 14.4. The molecule has 0 atom stereocenters. The van der Waals surface area contributed by atoms with Gasteiger partial charge in [0.2, 0.25) is 0 Å². The van der Waals surface area contributed by atoms with Gasteiger partial charge in [-0.2, -0.15) is 0 Å². The monoisotopic (exact) mass is 454 g/mol. The molecule has 0 unspecified atom stereocenters. The van der Waals surface area contributed by atoms with Crippen LogP contribution in [0.5, 0.6) is 5.75 Å². The maximum Gasteiger partial charge on any atom is 0.134 e. The van der Waals surface area contributed by atoms with Crippen molar-refractivity contribution in [2.24, 2.45) is 5.92 Å². The van der Waals surface area contributed by atoms with Crippen molar-refractivity contribution in [3.63, 3.8) is 0 Å². The fourth-order valence-corrected chi connectivity index (χ4v) is 5.11. The standard InChI is InChI=1S/C30H43FO2/c1-3-4-7-10-24-11-13-25(14-12-24)26-15-17-27(18-16-26)29-20-19-28(23-30(29)31)33-22-9-6-5-8-21-32-2/h15-20,23-25H,3-14,21-22H2,1-2H3. The molecule has 0 heterocycles. The lowest BCUT2D eigenvalue weighted by Gasteiger charge is -2.29. The maximum absolute atomic E-state index is 14.8. The quantitative estimate of drug-likeness (QED) is 0.265. The van der Waals surface area contributed by atoms with Crippen LogP contribution in [0.3, 0.4) is 0 Å². The number of rotatable bonds is 14. The van der Waals surface area contributed by atoms with Gasteiger partial charge in [-0.05, 0) is 80.0 Å². The molecule has 182 valence electrons. The van der Waals surface area contributed by atoms with E-state index in [0.29, 0.717) is 23.8 Å². The molecule has 0 aliphatic heterocycles. The third kappa shape index (κ3) is 8.45. The van der Waals surface area contributed by atoms with Crippen LogP contribution in [-0.4, -0.2) is 20.3 Å². The van der Waals surface area contributed by atoms with E-state index in [9.17, 15) is 4.39 Å². The van der Waals surface area contributed by atoms with E-state index in [1.165, 1.54) is 63.0 Å². The molecule has 1 fully saturated rings. The first-order valence-corrected chi connectivity index (χ1v) is 13.2. The highest BCUT2D eigenvalue weighted by Crippen LogP contribution is 2.38. The molecule has 1 aliphatic rings. The second-order valence-electron chi connectivity index (χ2n) is 9.73. The molecule has 3 rings (SSSR count). The molecule has 2 aromatic carbocycles. The van der Waals surface area contributed by atoms with Crippen LogP contribution in [-0.2, 0) is 4.74 Å². The lowest BCUT2D eigenvalue weighted by molar-refractivity contribution is 0.191. The van der Waals surface area contributed by atoms with Gasteiger partial charge in [0.25, 0.3) is 0 Å². The average molecular weight is 455 g/mol. The van der Waals surface area contributed by atoms with Crippen LogP contribution in [0.1, 0.15) is 95.5 Å². The third-order valence-corrected chi connectivity index (χ3v) is 7.21. The van der Waals surface area contributed by atoms with Crippen molar-refractivity contribution < 1.29 is 13.9 Å². The fourth-order valence-electron chi connectivity index (χ4n) is 5.11. The molecule has 33 heavy (non-hydrogen) atoms. The van der Waals surface area contributed by atoms with Crippen LogP contribution in [0, 0.1) is 11.7 Å². The molecule has 2 nitrogen and oxygen atoms in total.